The van der Waals surface area contributed by atoms with E-state index in [1.54, 1.807) is 41.1 Å². The number of carbonyl (C=O) groups excluding carboxylic acids is 3. The highest BCUT2D eigenvalue weighted by Gasteiger charge is 2.45. The zero-order valence-corrected chi connectivity index (χ0v) is 90.2. The number of hydrogen-bond acceptors (Lipinski definition) is 21. The van der Waals surface area contributed by atoms with Gasteiger partial charge in [0.15, 0.2) is 11.1 Å². The number of aliphatic carboxylic acids is 1. The van der Waals surface area contributed by atoms with E-state index in [1.165, 1.54) is 47.0 Å². The van der Waals surface area contributed by atoms with Crippen molar-refractivity contribution in [2.45, 2.75) is 273 Å². The minimum absolute atomic E-state index is 0. The second kappa shape index (κ2) is 81.3. The number of aromatic nitrogens is 3. The fourth-order valence-electron chi connectivity index (χ4n) is 12.8. The quantitative estimate of drug-likeness (QED) is 0.0120. The highest BCUT2D eigenvalue weighted by Crippen LogP contribution is 2.42. The Labute approximate surface area is 837 Å². The van der Waals surface area contributed by atoms with Crippen LogP contribution in [-0.2, 0) is 47.9 Å². The molecular weight excluding hydrogens is 1730 g/mol. The van der Waals surface area contributed by atoms with Crippen LogP contribution in [0.2, 0.25) is 0 Å². The number of nitriles is 1. The molecule has 0 aliphatic carbocycles. The average molecular weight is 1920 g/mol. The fraction of sp³-hybridized carbons (Fsp3) is 0.473. The Balaban J connectivity index is -0.000000225. The molecule has 0 spiro atoms. The Kier molecular flexibility index (Phi) is 84.2. The predicted molar refractivity (Wildman–Crippen MR) is 590 cm³/mol. The van der Waals surface area contributed by atoms with Gasteiger partial charge in [-0.1, -0.05) is 293 Å². The number of nitrogens with two attached hydrogens (primary N) is 2. The number of para-hydroxylation sites is 3. The third-order valence-electron chi connectivity index (χ3n) is 19.5. The summed E-state index contributed by atoms with van der Waals surface area (Å²) in [7, 11) is 16.6. The molecule has 0 aliphatic rings. The molecule has 8 N–H and O–H groups in total. The van der Waals surface area contributed by atoms with Gasteiger partial charge in [0, 0.05) is 91.7 Å². The van der Waals surface area contributed by atoms with Crippen molar-refractivity contribution in [1.82, 2.24) is 30.1 Å². The first-order valence-electron chi connectivity index (χ1n) is 46.8. The largest absolute Gasteiger partial charge is 0.479 e. The summed E-state index contributed by atoms with van der Waals surface area (Å²) in [6.45, 7) is 60.3. The standard InChI is InChI=1S/C30H38N4O3.C29H35N3O5.C26H31N3O3.2C2H6N2.C2H3N.9C2H6.3CH4/c1-21-26(19-24-15-11-9-12-16-24)32-28(37-25-17-13-10-14-18-25)22(2)27(21)34(7)30(4,29(35)36-8)20-33(6)23(3)31-5;1-20-24(18-22-14-10-8-11-15-22)30-26(37-23-16-12-9-13-17-23)21(2)25(20)32(5)29(3,27(33)35-6)19-31(4)28(34)36-7;1-18-22(16-20-12-8-6-9-13-20)28-24(32-21-14-10-7-11-15-21)19(2)23(18)29(5)26(3,17-27-4)25(30)31;2*1-2(3)4;1-2-3;9*1-2;;;/h9-18H,19-20H2,1-8H3;8-17H,18-19H2,1-7H3;6-15,27H,16-17H2,1-5H3,(H,30,31);2*1H3,(H3,3,4);1H3;9*1-2H3;3*1H4. The molecule has 3 heterocycles. The number of likely N-dealkylation sites (N-methyl/N-ethyl adjacent to an activating group) is 6. The molecular formula is C112H185N15O11. The zero-order chi connectivity index (χ0) is 105. The van der Waals surface area contributed by atoms with E-state index in [4.69, 9.17) is 70.9 Å². The van der Waals surface area contributed by atoms with E-state index >= 15 is 0 Å². The first kappa shape index (κ1) is 143. The number of carbonyl (C=O) groups is 4. The summed E-state index contributed by atoms with van der Waals surface area (Å²) in [5.41, 5.74) is 19.6. The van der Waals surface area contributed by atoms with Gasteiger partial charge in [-0.15, -0.1) is 0 Å². The van der Waals surface area contributed by atoms with Crippen LogP contribution in [0, 0.1) is 63.7 Å². The normalized spacial score (nSPS) is 10.6. The Bertz CT molecular complexity index is 4580. The van der Waals surface area contributed by atoms with Crippen molar-refractivity contribution < 1.29 is 52.7 Å². The Morgan fingerprint density at radius 1 is 0.413 bits per heavy atom. The first-order chi connectivity index (χ1) is 64.4. The molecule has 0 saturated heterocycles. The number of hydrogen-bond donors (Lipinski definition) is 6. The number of carboxylic acids is 1. The number of pyridine rings is 3. The molecule has 26 heteroatoms. The maximum absolute atomic E-state index is 13.3. The fourth-order valence-corrected chi connectivity index (χ4v) is 12.8. The molecule has 1 amide bonds. The molecule has 0 radical (unpaired) electrons. The summed E-state index contributed by atoms with van der Waals surface area (Å²) in [4.78, 5) is 79.0. The van der Waals surface area contributed by atoms with Crippen molar-refractivity contribution in [3.63, 3.8) is 0 Å². The second-order valence-electron chi connectivity index (χ2n) is 28.5. The first-order valence-corrected chi connectivity index (χ1v) is 46.8. The molecule has 0 fully saturated rings. The summed E-state index contributed by atoms with van der Waals surface area (Å²) in [5.74, 6) is 2.90. The van der Waals surface area contributed by atoms with Crippen LogP contribution in [0.5, 0.6) is 34.9 Å². The number of aliphatic imine (C=N–C) groups is 1. The molecule has 3 atom stereocenters. The van der Waals surface area contributed by atoms with Crippen molar-refractivity contribution >= 4 is 58.6 Å². The Morgan fingerprint density at radius 2 is 0.623 bits per heavy atom. The van der Waals surface area contributed by atoms with Crippen LogP contribution in [0.25, 0.3) is 0 Å². The number of carboxylic acid groups (broad SMARTS) is 1. The molecule has 0 saturated carbocycles. The highest BCUT2D eigenvalue weighted by molar-refractivity contribution is 5.89. The maximum atomic E-state index is 13.3. The molecule has 0 bridgehead atoms. The number of anilines is 3. The number of ether oxygens (including phenoxy) is 6. The molecule has 3 unspecified atom stereocenters. The van der Waals surface area contributed by atoms with Gasteiger partial charge in [-0.05, 0) is 160 Å². The van der Waals surface area contributed by atoms with Crippen molar-refractivity contribution in [2.24, 2.45) is 16.5 Å². The minimum Gasteiger partial charge on any atom is -0.479 e. The zero-order valence-electron chi connectivity index (χ0n) is 90.2. The average Bonchev–Trinajstić information content (AvgIpc) is 0.763. The monoisotopic (exact) mass is 1920 g/mol. The molecule has 26 nitrogen and oxygen atoms in total. The number of methoxy groups -OCH3 is 3. The second-order valence-corrected chi connectivity index (χ2v) is 28.5. The van der Waals surface area contributed by atoms with E-state index < -0.39 is 34.6 Å². The number of benzene rings is 6. The summed E-state index contributed by atoms with van der Waals surface area (Å²) in [6.07, 6.45) is 1.28. The third kappa shape index (κ3) is 47.2. The van der Waals surface area contributed by atoms with Gasteiger partial charge in [-0.2, -0.15) is 5.26 Å². The lowest BCUT2D eigenvalue weighted by atomic mass is 9.95. The molecule has 3 aromatic heterocycles. The van der Waals surface area contributed by atoms with Crippen LogP contribution in [0.15, 0.2) is 187 Å². The van der Waals surface area contributed by atoms with Crippen LogP contribution < -0.4 is 45.7 Å². The summed E-state index contributed by atoms with van der Waals surface area (Å²) in [6, 6.07) is 60.7. The van der Waals surface area contributed by atoms with E-state index in [-0.39, 0.29) is 53.0 Å². The van der Waals surface area contributed by atoms with E-state index in [1.807, 2.05) is 379 Å². The van der Waals surface area contributed by atoms with Gasteiger partial charge in [0.1, 0.15) is 22.8 Å². The van der Waals surface area contributed by atoms with Crippen molar-refractivity contribution in [2.75, 3.05) is 105 Å². The molecule has 6 aromatic carbocycles. The smallest absolute Gasteiger partial charge is 0.409 e. The number of rotatable bonds is 27. The number of esters is 2. The van der Waals surface area contributed by atoms with Gasteiger partial charge in [-0.3, -0.25) is 15.8 Å². The number of amides is 1. The molecule has 9 aromatic rings. The van der Waals surface area contributed by atoms with Gasteiger partial charge in [0.05, 0.1) is 92.1 Å². The SMILES string of the molecule is C.C.C.CC.CC.CC.CC.CC.CC.CC.CC.CC.CC#N.CC(=N)N.CC(=N)N.CN=C(C)N(C)CC(C)(C(=O)OC)N(C)c1c(C)c(Cc2ccccc2)nc(Oc2ccccc2)c1C.CNCC(C)(C(=O)O)N(C)c1c(C)c(Cc2ccccc2)nc(Oc2ccccc2)c1C.COC(=O)N(C)CC(C)(C(=O)OC)N(C)c1c(C)c(Cc2ccccc2)nc(Oc2ccccc2)c1C. The lowest BCUT2D eigenvalue weighted by Gasteiger charge is -2.42. The third-order valence-corrected chi connectivity index (χ3v) is 19.5. The summed E-state index contributed by atoms with van der Waals surface area (Å²) < 4.78 is 34.1. The van der Waals surface area contributed by atoms with Gasteiger partial charge in [0.25, 0.3) is 0 Å². The van der Waals surface area contributed by atoms with Gasteiger partial charge in [-0.25, -0.2) is 34.1 Å². The maximum Gasteiger partial charge on any atom is 0.409 e. The summed E-state index contributed by atoms with van der Waals surface area (Å²) in [5, 5.41) is 33.0. The van der Waals surface area contributed by atoms with Gasteiger partial charge in [0.2, 0.25) is 17.6 Å². The molecule has 774 valence electrons. The number of amidine groups is 3. The molecule has 9 rings (SSSR count). The van der Waals surface area contributed by atoms with Crippen LogP contribution in [-0.4, -0.2) is 178 Å². The van der Waals surface area contributed by atoms with E-state index in [0.29, 0.717) is 60.7 Å². The van der Waals surface area contributed by atoms with Crippen molar-refractivity contribution in [3.8, 4) is 41.0 Å². The lowest BCUT2D eigenvalue weighted by Crippen LogP contribution is -2.59. The van der Waals surface area contributed by atoms with Crippen LogP contribution in [0.3, 0.4) is 0 Å². The topological polar surface area (TPSA) is 347 Å². The minimum atomic E-state index is -1.23. The molecule has 138 heavy (non-hydrogen) atoms. The van der Waals surface area contributed by atoms with Gasteiger partial charge >= 0.3 is 24.0 Å². The predicted octanol–water partition coefficient (Wildman–Crippen LogP) is 26.7. The van der Waals surface area contributed by atoms with E-state index in [2.05, 4.69) is 41.5 Å². The highest BCUT2D eigenvalue weighted by atomic mass is 16.5. The van der Waals surface area contributed by atoms with E-state index in [0.717, 1.165) is 90.1 Å². The molecule has 0 aliphatic heterocycles. The Morgan fingerprint density at radius 3 is 0.819 bits per heavy atom. The van der Waals surface area contributed by atoms with Gasteiger partial charge < -0.3 is 74.8 Å². The van der Waals surface area contributed by atoms with Crippen LogP contribution in [0.4, 0.5) is 21.9 Å². The van der Waals surface area contributed by atoms with Crippen molar-refractivity contribution in [1.29, 1.82) is 16.1 Å². The Hall–Kier alpha value is -12.9. The van der Waals surface area contributed by atoms with E-state index in [9.17, 15) is 24.3 Å². The number of nitrogens with one attached hydrogen (secondary N) is 3. The van der Waals surface area contributed by atoms with Crippen LogP contribution in [0.1, 0.15) is 263 Å². The lowest BCUT2D eigenvalue weighted by molar-refractivity contribution is -0.147. The van der Waals surface area contributed by atoms with Crippen LogP contribution >= 0.6 is 0 Å². The number of nitrogens with zero attached hydrogens (tertiary/aromatic N) is 10. The summed E-state index contributed by atoms with van der Waals surface area (Å²) >= 11 is 0. The van der Waals surface area contributed by atoms with Crippen molar-refractivity contribution in [3.05, 3.63) is 249 Å².